The Kier molecular flexibility index (Phi) is 6.33. The van der Waals surface area contributed by atoms with E-state index >= 15 is 0 Å². The molecule has 1 fully saturated rings. The fourth-order valence-corrected chi connectivity index (χ4v) is 4.40. The molecule has 2 amide bonds. The molecule has 7 heteroatoms. The number of nitrogens with one attached hydrogen (secondary N) is 1. The van der Waals surface area contributed by atoms with Crippen molar-refractivity contribution in [3.05, 3.63) is 54.1 Å². The molecule has 1 saturated carbocycles. The van der Waals surface area contributed by atoms with E-state index in [-0.39, 0.29) is 11.8 Å². The number of methoxy groups -OCH3 is 1. The van der Waals surface area contributed by atoms with Crippen LogP contribution in [0.3, 0.4) is 0 Å². The lowest BCUT2D eigenvalue weighted by molar-refractivity contribution is -0.140. The van der Waals surface area contributed by atoms with Gasteiger partial charge in [-0.25, -0.2) is 10.0 Å². The molecule has 1 atom stereocenters. The Labute approximate surface area is 185 Å². The van der Waals surface area contributed by atoms with Crippen LogP contribution in [0.15, 0.2) is 53.4 Å². The minimum Gasteiger partial charge on any atom is -0.497 e. The van der Waals surface area contributed by atoms with Crippen molar-refractivity contribution in [2.45, 2.75) is 23.8 Å². The van der Waals surface area contributed by atoms with Gasteiger partial charge in [-0.15, -0.1) is 0 Å². The van der Waals surface area contributed by atoms with Gasteiger partial charge in [0.25, 0.3) is 5.91 Å². The summed E-state index contributed by atoms with van der Waals surface area (Å²) in [5.74, 6) is 0.0103. The number of anilines is 1. The van der Waals surface area contributed by atoms with Gasteiger partial charge in [0.1, 0.15) is 17.2 Å². The number of nitriles is 1. The van der Waals surface area contributed by atoms with E-state index in [1.54, 1.807) is 38.4 Å². The van der Waals surface area contributed by atoms with Crippen molar-refractivity contribution < 1.29 is 14.3 Å². The van der Waals surface area contributed by atoms with E-state index in [9.17, 15) is 14.9 Å². The van der Waals surface area contributed by atoms with Crippen LogP contribution < -0.4 is 10.1 Å². The number of nitrogens with zero attached hydrogens (tertiary/aromatic N) is 2. The van der Waals surface area contributed by atoms with Gasteiger partial charge in [-0.05, 0) is 78.5 Å². The Bertz CT molecular complexity index is 1000. The second kappa shape index (κ2) is 8.64. The number of ether oxygens (including phenoxy) is 1. The number of rotatable bonds is 7. The second-order valence-corrected chi connectivity index (χ2v) is 12.8. The van der Waals surface area contributed by atoms with Gasteiger partial charge in [-0.2, -0.15) is 5.26 Å². The van der Waals surface area contributed by atoms with Gasteiger partial charge < -0.3 is 15.0 Å². The first-order chi connectivity index (χ1) is 14.6. The molecule has 0 heterocycles. The molecule has 0 aliphatic heterocycles. The van der Waals surface area contributed by atoms with Crippen molar-refractivity contribution in [2.75, 3.05) is 38.2 Å². The van der Waals surface area contributed by atoms with E-state index in [0.717, 1.165) is 0 Å². The van der Waals surface area contributed by atoms with Crippen molar-refractivity contribution in [2.24, 2.45) is 5.41 Å². The molecule has 0 aromatic heterocycles. The van der Waals surface area contributed by atoms with Crippen LogP contribution in [0.4, 0.5) is 5.69 Å². The van der Waals surface area contributed by atoms with E-state index in [1.807, 2.05) is 24.3 Å². The summed E-state index contributed by atoms with van der Waals surface area (Å²) in [6.45, 7) is 0. The van der Waals surface area contributed by atoms with Gasteiger partial charge in [-0.1, -0.05) is 12.1 Å². The lowest BCUT2D eigenvalue weighted by Gasteiger charge is -2.29. The van der Waals surface area contributed by atoms with Crippen molar-refractivity contribution in [3.8, 4) is 11.8 Å². The van der Waals surface area contributed by atoms with Crippen molar-refractivity contribution in [1.29, 1.82) is 5.26 Å². The molecular formula is C24H29N3O3S. The summed E-state index contributed by atoms with van der Waals surface area (Å²) in [7, 11) is 2.30. The zero-order valence-corrected chi connectivity index (χ0v) is 19.5. The molecule has 1 aliphatic carbocycles. The maximum atomic E-state index is 13.3. The molecule has 2 aromatic rings. The first kappa shape index (κ1) is 22.7. The van der Waals surface area contributed by atoms with Crippen LogP contribution in [-0.4, -0.2) is 49.6 Å². The molecule has 2 aromatic carbocycles. The fourth-order valence-electron chi connectivity index (χ4n) is 3.45. The molecule has 0 saturated heterocycles. The van der Waals surface area contributed by atoms with E-state index in [0.29, 0.717) is 29.8 Å². The SMILES string of the molecule is COc1ccc(C(C(=O)Nc2ccc(S(C)(C)C)cc2)N(C)C(=O)C2(C#N)CC2)cc1. The quantitative estimate of drug-likeness (QED) is 0.701. The summed E-state index contributed by atoms with van der Waals surface area (Å²) in [6.07, 6.45) is 7.69. The van der Waals surface area contributed by atoms with Crippen LogP contribution in [0.2, 0.25) is 0 Å². The number of benzene rings is 2. The summed E-state index contributed by atoms with van der Waals surface area (Å²) in [4.78, 5) is 29.0. The Morgan fingerprint density at radius 3 is 2.13 bits per heavy atom. The predicted octanol–water partition coefficient (Wildman–Crippen LogP) is 4.19. The minimum absolute atomic E-state index is 0.322. The number of hydrogen-bond acceptors (Lipinski definition) is 4. The van der Waals surface area contributed by atoms with E-state index in [1.165, 1.54) is 9.80 Å². The standard InChI is InChI=1S/C24H29N3O3S/c1-27(23(29)24(16-25)14-15-24)21(17-6-10-19(30-2)11-7-17)22(28)26-18-8-12-20(13-9-18)31(3,4)5/h6-13,21H,14-15H2,1-5H3,(H,26,28). The Hall–Kier alpha value is -2.98. The molecule has 3 rings (SSSR count). The van der Waals surface area contributed by atoms with Crippen LogP contribution in [0.5, 0.6) is 5.75 Å². The summed E-state index contributed by atoms with van der Waals surface area (Å²) < 4.78 is 5.21. The lowest BCUT2D eigenvalue weighted by atomic mass is 10.0. The average Bonchev–Trinajstić information content (AvgIpc) is 3.55. The summed E-state index contributed by atoms with van der Waals surface area (Å²) in [6, 6.07) is 16.1. The third kappa shape index (κ3) is 4.86. The smallest absolute Gasteiger partial charge is 0.251 e. The number of hydrogen-bond donors (Lipinski definition) is 1. The lowest BCUT2D eigenvalue weighted by Crippen LogP contribution is -2.42. The van der Waals surface area contributed by atoms with Crippen molar-refractivity contribution >= 4 is 27.5 Å². The number of carbonyl (C=O) groups is 2. The molecule has 0 bridgehead atoms. The second-order valence-electron chi connectivity index (χ2n) is 8.64. The average molecular weight is 440 g/mol. The molecule has 0 radical (unpaired) electrons. The molecule has 1 unspecified atom stereocenters. The minimum atomic E-state index is -1.00. The molecular weight excluding hydrogens is 410 g/mol. The van der Waals surface area contributed by atoms with Gasteiger partial charge in [0.15, 0.2) is 0 Å². The monoisotopic (exact) mass is 439 g/mol. The molecule has 1 N–H and O–H groups in total. The first-order valence-corrected chi connectivity index (χ1v) is 12.9. The molecule has 1 aliphatic rings. The van der Waals surface area contributed by atoms with Crippen LogP contribution in [0, 0.1) is 16.7 Å². The van der Waals surface area contributed by atoms with E-state index in [4.69, 9.17) is 4.74 Å². The highest BCUT2D eigenvalue weighted by Gasteiger charge is 2.53. The zero-order chi connectivity index (χ0) is 22.8. The summed E-state index contributed by atoms with van der Waals surface area (Å²) in [5, 5.41) is 12.4. The highest BCUT2D eigenvalue weighted by Crippen LogP contribution is 2.47. The third-order valence-corrected chi connectivity index (χ3v) is 7.28. The van der Waals surface area contributed by atoms with Crippen LogP contribution >= 0.6 is 10.0 Å². The first-order valence-electron chi connectivity index (χ1n) is 10.0. The predicted molar refractivity (Wildman–Crippen MR) is 124 cm³/mol. The van der Waals surface area contributed by atoms with Crippen LogP contribution in [-0.2, 0) is 9.59 Å². The summed E-state index contributed by atoms with van der Waals surface area (Å²) in [5.41, 5.74) is 0.313. The maximum absolute atomic E-state index is 13.3. The van der Waals surface area contributed by atoms with Gasteiger partial charge in [0, 0.05) is 12.7 Å². The van der Waals surface area contributed by atoms with Crippen LogP contribution in [0.1, 0.15) is 24.4 Å². The Balaban J connectivity index is 1.88. The fraction of sp³-hybridized carbons (Fsp3) is 0.375. The largest absolute Gasteiger partial charge is 0.497 e. The topological polar surface area (TPSA) is 82.4 Å². The van der Waals surface area contributed by atoms with E-state index in [2.05, 4.69) is 30.2 Å². The highest BCUT2D eigenvalue weighted by molar-refractivity contribution is 8.32. The molecule has 31 heavy (non-hydrogen) atoms. The Morgan fingerprint density at radius 1 is 1.10 bits per heavy atom. The Morgan fingerprint density at radius 2 is 1.68 bits per heavy atom. The third-order valence-electron chi connectivity index (χ3n) is 5.59. The summed E-state index contributed by atoms with van der Waals surface area (Å²) >= 11 is 0. The van der Waals surface area contributed by atoms with Crippen molar-refractivity contribution in [3.63, 3.8) is 0 Å². The van der Waals surface area contributed by atoms with Crippen molar-refractivity contribution in [1.82, 2.24) is 4.90 Å². The van der Waals surface area contributed by atoms with Gasteiger partial charge >= 0.3 is 0 Å². The molecule has 164 valence electrons. The van der Waals surface area contributed by atoms with Gasteiger partial charge in [0.2, 0.25) is 5.91 Å². The maximum Gasteiger partial charge on any atom is 0.251 e. The van der Waals surface area contributed by atoms with Crippen LogP contribution in [0.25, 0.3) is 0 Å². The zero-order valence-electron chi connectivity index (χ0n) is 18.6. The van der Waals surface area contributed by atoms with E-state index < -0.39 is 21.5 Å². The van der Waals surface area contributed by atoms with Gasteiger partial charge in [0.05, 0.1) is 13.2 Å². The highest BCUT2D eigenvalue weighted by atomic mass is 32.3. The number of amides is 2. The molecule has 0 spiro atoms. The molecule has 6 nitrogen and oxygen atoms in total. The number of carbonyl (C=O) groups excluding carboxylic acids is 2. The normalized spacial score (nSPS) is 15.9. The van der Waals surface area contributed by atoms with Gasteiger partial charge in [-0.3, -0.25) is 9.59 Å². The number of likely N-dealkylation sites (N-methyl/N-ethyl adjacent to an activating group) is 1.